The van der Waals surface area contributed by atoms with E-state index in [0.717, 1.165) is 17.7 Å². The first-order valence-corrected chi connectivity index (χ1v) is 5.54. The average molecular weight is 238 g/mol. The van der Waals surface area contributed by atoms with Gasteiger partial charge in [-0.05, 0) is 37.6 Å². The summed E-state index contributed by atoms with van der Waals surface area (Å²) in [5.74, 6) is -0.203. The summed E-state index contributed by atoms with van der Waals surface area (Å²) in [6.45, 7) is 4.45. The molecule has 1 unspecified atom stereocenters. The van der Waals surface area contributed by atoms with Crippen LogP contribution in [-0.4, -0.2) is 30.9 Å². The third-order valence-corrected chi connectivity index (χ3v) is 2.48. The summed E-state index contributed by atoms with van der Waals surface area (Å²) in [5.41, 5.74) is 1.11. The highest BCUT2D eigenvalue weighted by atomic mass is 16.5. The fraction of sp³-hybridized carbons (Fsp3) is 0.462. The number of aromatic carboxylic acids is 1. The van der Waals surface area contributed by atoms with Gasteiger partial charge in [0.25, 0.3) is 0 Å². The van der Waals surface area contributed by atoms with Gasteiger partial charge in [0.15, 0.2) is 0 Å². The number of hydrogen-bond donors (Lipinski definition) is 1. The Bertz CT molecular complexity index is 387. The van der Waals surface area contributed by atoms with Gasteiger partial charge < -0.3 is 14.6 Å². The van der Waals surface area contributed by atoms with Crippen molar-refractivity contribution in [2.45, 2.75) is 26.4 Å². The van der Waals surface area contributed by atoms with Gasteiger partial charge in [0.05, 0.1) is 11.7 Å². The molecule has 0 aromatic heterocycles. The summed E-state index contributed by atoms with van der Waals surface area (Å²) in [7, 11) is 1.65. The van der Waals surface area contributed by atoms with Crippen LogP contribution in [0.25, 0.3) is 0 Å². The number of benzene rings is 1. The Hall–Kier alpha value is -1.55. The van der Waals surface area contributed by atoms with E-state index in [2.05, 4.69) is 0 Å². The molecule has 4 heteroatoms. The first-order valence-electron chi connectivity index (χ1n) is 5.54. The van der Waals surface area contributed by atoms with Crippen molar-refractivity contribution in [1.82, 2.24) is 0 Å². The van der Waals surface area contributed by atoms with Crippen LogP contribution in [-0.2, 0) is 4.74 Å². The molecule has 1 N–H and O–H groups in total. The van der Waals surface area contributed by atoms with Crippen molar-refractivity contribution in [2.24, 2.45) is 0 Å². The molecular formula is C13H18O4. The van der Waals surface area contributed by atoms with E-state index >= 15 is 0 Å². The number of carbonyl (C=O) groups is 1. The van der Waals surface area contributed by atoms with Crippen molar-refractivity contribution in [3.8, 4) is 5.75 Å². The van der Waals surface area contributed by atoms with Gasteiger partial charge in [0.1, 0.15) is 5.75 Å². The molecule has 17 heavy (non-hydrogen) atoms. The molecule has 1 atom stereocenters. The topological polar surface area (TPSA) is 55.8 Å². The van der Waals surface area contributed by atoms with Crippen LogP contribution < -0.4 is 4.74 Å². The molecule has 0 amide bonds. The highest BCUT2D eigenvalue weighted by Gasteiger charge is 2.09. The largest absolute Gasteiger partial charge is 0.490 e. The predicted molar refractivity (Wildman–Crippen MR) is 64.7 cm³/mol. The average Bonchev–Trinajstić information content (AvgIpc) is 2.28. The Labute approximate surface area is 101 Å². The predicted octanol–water partition coefficient (Wildman–Crippen LogP) is 2.50. The highest BCUT2D eigenvalue weighted by molar-refractivity contribution is 5.88. The number of rotatable bonds is 6. The Morgan fingerprint density at radius 3 is 2.71 bits per heavy atom. The minimum absolute atomic E-state index is 0.0457. The van der Waals surface area contributed by atoms with E-state index in [1.54, 1.807) is 25.3 Å². The number of aryl methyl sites for hydroxylation is 1. The lowest BCUT2D eigenvalue weighted by Gasteiger charge is -2.16. The van der Waals surface area contributed by atoms with Crippen molar-refractivity contribution < 1.29 is 19.4 Å². The van der Waals surface area contributed by atoms with Crippen LogP contribution in [0, 0.1) is 6.92 Å². The van der Waals surface area contributed by atoms with Gasteiger partial charge in [-0.25, -0.2) is 4.79 Å². The lowest BCUT2D eigenvalue weighted by molar-refractivity contribution is 0.0696. The van der Waals surface area contributed by atoms with Gasteiger partial charge in [-0.1, -0.05) is 0 Å². The quantitative estimate of drug-likeness (QED) is 0.827. The Morgan fingerprint density at radius 1 is 1.47 bits per heavy atom. The van der Waals surface area contributed by atoms with Crippen LogP contribution in [0.5, 0.6) is 5.75 Å². The minimum Gasteiger partial charge on any atom is -0.490 e. The zero-order valence-electron chi connectivity index (χ0n) is 10.4. The second-order valence-corrected chi connectivity index (χ2v) is 4.00. The number of carboxylic acids is 1. The molecule has 0 bridgehead atoms. The molecule has 0 aliphatic rings. The molecular weight excluding hydrogens is 220 g/mol. The third kappa shape index (κ3) is 4.07. The molecule has 1 rings (SSSR count). The van der Waals surface area contributed by atoms with Crippen LogP contribution in [0.1, 0.15) is 29.3 Å². The first kappa shape index (κ1) is 13.5. The second kappa shape index (κ2) is 6.25. The van der Waals surface area contributed by atoms with Crippen LogP contribution in [0.15, 0.2) is 18.2 Å². The SMILES string of the molecule is COCCC(C)Oc1ccc(C(=O)O)cc1C. The van der Waals surface area contributed by atoms with E-state index < -0.39 is 5.97 Å². The maximum absolute atomic E-state index is 10.8. The molecule has 0 fully saturated rings. The monoisotopic (exact) mass is 238 g/mol. The molecule has 94 valence electrons. The summed E-state index contributed by atoms with van der Waals surface area (Å²) < 4.78 is 10.7. The van der Waals surface area contributed by atoms with Crippen molar-refractivity contribution in [3.63, 3.8) is 0 Å². The normalized spacial score (nSPS) is 12.2. The van der Waals surface area contributed by atoms with Gasteiger partial charge in [-0.2, -0.15) is 0 Å². The van der Waals surface area contributed by atoms with Crippen LogP contribution in [0.2, 0.25) is 0 Å². The zero-order chi connectivity index (χ0) is 12.8. The van der Waals surface area contributed by atoms with E-state index in [1.807, 2.05) is 13.8 Å². The molecule has 0 saturated carbocycles. The highest BCUT2D eigenvalue weighted by Crippen LogP contribution is 2.21. The third-order valence-electron chi connectivity index (χ3n) is 2.48. The molecule has 0 aliphatic carbocycles. The Morgan fingerprint density at radius 2 is 2.18 bits per heavy atom. The Balaban J connectivity index is 2.69. The number of carboxylic acid groups (broad SMARTS) is 1. The first-order chi connectivity index (χ1) is 8.04. The molecule has 1 aromatic rings. The van der Waals surface area contributed by atoms with Gasteiger partial charge in [0, 0.05) is 20.1 Å². The van der Waals surface area contributed by atoms with Crippen LogP contribution in [0.3, 0.4) is 0 Å². The minimum atomic E-state index is -0.924. The molecule has 0 radical (unpaired) electrons. The van der Waals surface area contributed by atoms with Gasteiger partial charge in [-0.15, -0.1) is 0 Å². The zero-order valence-corrected chi connectivity index (χ0v) is 10.4. The van der Waals surface area contributed by atoms with Crippen LogP contribution >= 0.6 is 0 Å². The number of hydrogen-bond acceptors (Lipinski definition) is 3. The van der Waals surface area contributed by atoms with Crippen molar-refractivity contribution in [2.75, 3.05) is 13.7 Å². The maximum Gasteiger partial charge on any atom is 0.335 e. The standard InChI is InChI=1S/C13H18O4/c1-9-8-11(13(14)15)4-5-12(9)17-10(2)6-7-16-3/h4-5,8,10H,6-7H2,1-3H3,(H,14,15). The fourth-order valence-electron chi connectivity index (χ4n) is 1.47. The van der Waals surface area contributed by atoms with E-state index in [1.165, 1.54) is 0 Å². The van der Waals surface area contributed by atoms with Crippen molar-refractivity contribution >= 4 is 5.97 Å². The molecule has 4 nitrogen and oxygen atoms in total. The van der Waals surface area contributed by atoms with Gasteiger partial charge >= 0.3 is 5.97 Å². The van der Waals surface area contributed by atoms with Gasteiger partial charge in [-0.3, -0.25) is 0 Å². The molecule has 0 spiro atoms. The lowest BCUT2D eigenvalue weighted by Crippen LogP contribution is -2.15. The smallest absolute Gasteiger partial charge is 0.335 e. The summed E-state index contributed by atoms with van der Waals surface area (Å²) in [4.78, 5) is 10.8. The molecule has 0 heterocycles. The molecule has 0 aliphatic heterocycles. The van der Waals surface area contributed by atoms with E-state index in [9.17, 15) is 4.79 Å². The fourth-order valence-corrected chi connectivity index (χ4v) is 1.47. The maximum atomic E-state index is 10.8. The summed E-state index contributed by atoms with van der Waals surface area (Å²) in [5, 5.41) is 8.84. The number of ether oxygens (including phenoxy) is 2. The van der Waals surface area contributed by atoms with E-state index in [4.69, 9.17) is 14.6 Å². The molecule has 1 aromatic carbocycles. The summed E-state index contributed by atoms with van der Waals surface area (Å²) in [6.07, 6.45) is 0.848. The summed E-state index contributed by atoms with van der Waals surface area (Å²) >= 11 is 0. The summed E-state index contributed by atoms with van der Waals surface area (Å²) in [6, 6.07) is 4.86. The van der Waals surface area contributed by atoms with Gasteiger partial charge in [0.2, 0.25) is 0 Å². The van der Waals surface area contributed by atoms with E-state index in [-0.39, 0.29) is 11.7 Å². The lowest BCUT2D eigenvalue weighted by atomic mass is 10.1. The number of methoxy groups -OCH3 is 1. The second-order valence-electron chi connectivity index (χ2n) is 4.00. The van der Waals surface area contributed by atoms with Crippen molar-refractivity contribution in [3.05, 3.63) is 29.3 Å². The van der Waals surface area contributed by atoms with Crippen molar-refractivity contribution in [1.29, 1.82) is 0 Å². The van der Waals surface area contributed by atoms with Crippen LogP contribution in [0.4, 0.5) is 0 Å². The van der Waals surface area contributed by atoms with E-state index in [0.29, 0.717) is 6.61 Å². The molecule has 0 saturated heterocycles. The Kier molecular flexibility index (Phi) is 4.97.